The first-order chi connectivity index (χ1) is 13.5. The van der Waals surface area contributed by atoms with Gasteiger partial charge < -0.3 is 10.2 Å². The van der Waals surface area contributed by atoms with Gasteiger partial charge in [0.2, 0.25) is 11.8 Å². The van der Waals surface area contributed by atoms with E-state index in [1.807, 2.05) is 24.3 Å². The molecule has 0 spiro atoms. The summed E-state index contributed by atoms with van der Waals surface area (Å²) >= 11 is 11.1. The molecule has 1 heterocycles. The maximum absolute atomic E-state index is 12.4. The van der Waals surface area contributed by atoms with E-state index in [0.29, 0.717) is 17.3 Å². The molecule has 1 aliphatic heterocycles. The fourth-order valence-electron chi connectivity index (χ4n) is 2.99. The molecule has 0 bridgehead atoms. The van der Waals surface area contributed by atoms with Crippen molar-refractivity contribution in [2.24, 2.45) is 5.92 Å². The quantitative estimate of drug-likeness (QED) is 0.527. The summed E-state index contributed by atoms with van der Waals surface area (Å²) in [7, 11) is 0. The molecule has 3 rings (SSSR count). The van der Waals surface area contributed by atoms with E-state index in [-0.39, 0.29) is 23.3 Å². The molecule has 6 nitrogen and oxygen atoms in total. The van der Waals surface area contributed by atoms with Crippen LogP contribution in [-0.4, -0.2) is 23.5 Å². The van der Waals surface area contributed by atoms with Crippen molar-refractivity contribution in [3.63, 3.8) is 0 Å². The predicted molar refractivity (Wildman–Crippen MR) is 115 cm³/mol. The SMILES string of the molecule is CCc1ccc(N2C[C@H](C(=O)NNC(=S)Nc3cccc(Cl)c3)CC2=O)cc1. The second-order valence-electron chi connectivity index (χ2n) is 6.50. The smallest absolute Gasteiger partial charge is 0.243 e. The summed E-state index contributed by atoms with van der Waals surface area (Å²) in [5.41, 5.74) is 7.94. The monoisotopic (exact) mass is 416 g/mol. The third kappa shape index (κ3) is 4.99. The van der Waals surface area contributed by atoms with Gasteiger partial charge in [-0.2, -0.15) is 0 Å². The third-order valence-electron chi connectivity index (χ3n) is 4.53. The number of rotatable bonds is 4. The van der Waals surface area contributed by atoms with Crippen molar-refractivity contribution < 1.29 is 9.59 Å². The van der Waals surface area contributed by atoms with Crippen molar-refractivity contribution in [1.29, 1.82) is 0 Å². The van der Waals surface area contributed by atoms with Gasteiger partial charge in [-0.05, 0) is 54.5 Å². The average Bonchev–Trinajstić information content (AvgIpc) is 3.08. The van der Waals surface area contributed by atoms with E-state index in [2.05, 4.69) is 23.1 Å². The van der Waals surface area contributed by atoms with E-state index < -0.39 is 5.92 Å². The molecule has 0 aromatic heterocycles. The van der Waals surface area contributed by atoms with Gasteiger partial charge >= 0.3 is 0 Å². The number of amides is 2. The Hall–Kier alpha value is -2.64. The molecule has 8 heteroatoms. The lowest BCUT2D eigenvalue weighted by atomic mass is 10.1. The number of carbonyl (C=O) groups is 2. The topological polar surface area (TPSA) is 73.5 Å². The van der Waals surface area contributed by atoms with Crippen molar-refractivity contribution >= 4 is 52.1 Å². The molecule has 0 unspecified atom stereocenters. The van der Waals surface area contributed by atoms with Gasteiger partial charge in [0, 0.05) is 29.4 Å². The molecule has 146 valence electrons. The van der Waals surface area contributed by atoms with Crippen LogP contribution in [0.3, 0.4) is 0 Å². The zero-order valence-corrected chi connectivity index (χ0v) is 16.9. The largest absolute Gasteiger partial charge is 0.331 e. The molecule has 2 aromatic rings. The molecule has 2 aromatic carbocycles. The van der Waals surface area contributed by atoms with Crippen LogP contribution in [0.5, 0.6) is 0 Å². The second kappa shape index (κ2) is 9.03. The Bertz CT molecular complexity index is 888. The maximum atomic E-state index is 12.4. The molecule has 0 saturated carbocycles. The summed E-state index contributed by atoms with van der Waals surface area (Å²) in [6.45, 7) is 2.42. The number of benzene rings is 2. The molecule has 3 N–H and O–H groups in total. The molecule has 1 atom stereocenters. The van der Waals surface area contributed by atoms with Crippen molar-refractivity contribution in [1.82, 2.24) is 10.9 Å². The lowest BCUT2D eigenvalue weighted by Gasteiger charge is -2.17. The van der Waals surface area contributed by atoms with Gasteiger partial charge in [-0.15, -0.1) is 0 Å². The van der Waals surface area contributed by atoms with Crippen LogP contribution in [0.1, 0.15) is 18.9 Å². The van der Waals surface area contributed by atoms with Crippen LogP contribution >= 0.6 is 23.8 Å². The first kappa shape index (κ1) is 20.1. The third-order valence-corrected chi connectivity index (χ3v) is 4.97. The molecular weight excluding hydrogens is 396 g/mol. The van der Waals surface area contributed by atoms with E-state index in [9.17, 15) is 9.59 Å². The van der Waals surface area contributed by atoms with Crippen molar-refractivity contribution in [2.45, 2.75) is 19.8 Å². The van der Waals surface area contributed by atoms with E-state index >= 15 is 0 Å². The number of thiocarbonyl (C=S) groups is 1. The van der Waals surface area contributed by atoms with Crippen molar-refractivity contribution in [3.05, 3.63) is 59.1 Å². The highest BCUT2D eigenvalue weighted by molar-refractivity contribution is 7.80. The Labute approximate surface area is 174 Å². The normalized spacial score (nSPS) is 16.0. The van der Waals surface area contributed by atoms with Gasteiger partial charge in [0.1, 0.15) is 0 Å². The minimum absolute atomic E-state index is 0.0657. The summed E-state index contributed by atoms with van der Waals surface area (Å²) in [5, 5.41) is 3.73. The van der Waals surface area contributed by atoms with Crippen LogP contribution in [0.25, 0.3) is 0 Å². The first-order valence-corrected chi connectivity index (χ1v) is 9.76. The van der Waals surface area contributed by atoms with E-state index in [4.69, 9.17) is 23.8 Å². The zero-order chi connectivity index (χ0) is 20.1. The molecule has 1 fully saturated rings. The Morgan fingerprint density at radius 3 is 2.64 bits per heavy atom. The molecule has 1 saturated heterocycles. The number of carbonyl (C=O) groups excluding carboxylic acids is 2. The number of nitrogens with zero attached hydrogens (tertiary/aromatic N) is 1. The van der Waals surface area contributed by atoms with Gasteiger partial charge in [-0.1, -0.05) is 36.7 Å². The molecular formula is C20H21ClN4O2S. The predicted octanol–water partition coefficient (Wildman–Crippen LogP) is 3.27. The zero-order valence-electron chi connectivity index (χ0n) is 15.4. The van der Waals surface area contributed by atoms with Crippen LogP contribution in [0.2, 0.25) is 5.02 Å². The Morgan fingerprint density at radius 2 is 1.96 bits per heavy atom. The van der Waals surface area contributed by atoms with Crippen LogP contribution in [0.4, 0.5) is 11.4 Å². The lowest BCUT2D eigenvalue weighted by molar-refractivity contribution is -0.126. The lowest BCUT2D eigenvalue weighted by Crippen LogP contribution is -2.46. The van der Waals surface area contributed by atoms with E-state index in [0.717, 1.165) is 12.1 Å². The summed E-state index contributed by atoms with van der Waals surface area (Å²) in [5.74, 6) is -0.792. The van der Waals surface area contributed by atoms with E-state index in [1.54, 1.807) is 29.2 Å². The summed E-state index contributed by atoms with van der Waals surface area (Å²) < 4.78 is 0. The maximum Gasteiger partial charge on any atom is 0.243 e. The van der Waals surface area contributed by atoms with Crippen molar-refractivity contribution in [3.8, 4) is 0 Å². The van der Waals surface area contributed by atoms with Crippen LogP contribution < -0.4 is 21.1 Å². The Balaban J connectivity index is 1.52. The second-order valence-corrected chi connectivity index (χ2v) is 7.35. The number of hydrogen-bond acceptors (Lipinski definition) is 3. The number of anilines is 2. The fraction of sp³-hybridized carbons (Fsp3) is 0.250. The van der Waals surface area contributed by atoms with Gasteiger partial charge in [0.15, 0.2) is 5.11 Å². The minimum atomic E-state index is -0.445. The molecule has 2 amide bonds. The Morgan fingerprint density at radius 1 is 1.21 bits per heavy atom. The van der Waals surface area contributed by atoms with Crippen LogP contribution in [0.15, 0.2) is 48.5 Å². The summed E-state index contributed by atoms with van der Waals surface area (Å²) in [6.07, 6.45) is 1.10. The summed E-state index contributed by atoms with van der Waals surface area (Å²) in [4.78, 5) is 26.4. The van der Waals surface area contributed by atoms with Crippen molar-refractivity contribution in [2.75, 3.05) is 16.8 Å². The highest BCUT2D eigenvalue weighted by Gasteiger charge is 2.35. The highest BCUT2D eigenvalue weighted by Crippen LogP contribution is 2.25. The molecule has 0 aliphatic carbocycles. The van der Waals surface area contributed by atoms with Crippen LogP contribution in [-0.2, 0) is 16.0 Å². The van der Waals surface area contributed by atoms with Gasteiger partial charge in [-0.25, -0.2) is 0 Å². The van der Waals surface area contributed by atoms with Crippen LogP contribution in [0, 0.1) is 5.92 Å². The Kier molecular flexibility index (Phi) is 6.49. The number of nitrogens with one attached hydrogen (secondary N) is 3. The number of hydrazine groups is 1. The molecule has 1 aliphatic rings. The fourth-order valence-corrected chi connectivity index (χ4v) is 3.35. The molecule has 0 radical (unpaired) electrons. The van der Waals surface area contributed by atoms with Gasteiger partial charge in [-0.3, -0.25) is 20.4 Å². The average molecular weight is 417 g/mol. The van der Waals surface area contributed by atoms with E-state index in [1.165, 1.54) is 5.56 Å². The first-order valence-electron chi connectivity index (χ1n) is 8.98. The number of hydrogen-bond donors (Lipinski definition) is 3. The van der Waals surface area contributed by atoms with Gasteiger partial charge in [0.05, 0.1) is 5.92 Å². The minimum Gasteiger partial charge on any atom is -0.331 e. The summed E-state index contributed by atoms with van der Waals surface area (Å²) in [6, 6.07) is 14.9. The highest BCUT2D eigenvalue weighted by atomic mass is 35.5. The van der Waals surface area contributed by atoms with Gasteiger partial charge in [0.25, 0.3) is 0 Å². The molecule has 28 heavy (non-hydrogen) atoms. The number of aryl methyl sites for hydroxylation is 1. The standard InChI is InChI=1S/C20H21ClN4O2S/c1-2-13-6-8-17(9-7-13)25-12-14(10-18(25)26)19(27)23-24-20(28)22-16-5-3-4-15(21)11-16/h3-9,11,14H,2,10,12H2,1H3,(H,23,27)(H2,22,24,28)/t14-/m1/s1. The number of halogens is 1.